The lowest BCUT2D eigenvalue weighted by molar-refractivity contribution is -0.143. The highest BCUT2D eigenvalue weighted by atomic mass is 16.5. The maximum absolute atomic E-state index is 13.6. The van der Waals surface area contributed by atoms with E-state index in [-0.39, 0.29) is 17.8 Å². The summed E-state index contributed by atoms with van der Waals surface area (Å²) < 4.78 is 5.90. The van der Waals surface area contributed by atoms with E-state index in [1.807, 2.05) is 67.6 Å². The maximum Gasteiger partial charge on any atom is 0.326 e. The molecular formula is C43H54N4O5. The quantitative estimate of drug-likeness (QED) is 0.0886. The normalized spacial score (nSPS) is 13.1. The van der Waals surface area contributed by atoms with Crippen molar-refractivity contribution in [1.82, 2.24) is 20.6 Å². The third kappa shape index (κ3) is 11.5. The van der Waals surface area contributed by atoms with Gasteiger partial charge in [-0.05, 0) is 58.7 Å². The van der Waals surface area contributed by atoms with E-state index in [1.54, 1.807) is 31.5 Å². The summed E-state index contributed by atoms with van der Waals surface area (Å²) in [5, 5.41) is 15.3. The summed E-state index contributed by atoms with van der Waals surface area (Å²) in [7, 11) is 0. The Morgan fingerprint density at radius 1 is 0.769 bits per heavy atom. The summed E-state index contributed by atoms with van der Waals surface area (Å²) in [6.45, 7) is 12.9. The molecule has 0 aliphatic rings. The molecule has 2 amide bonds. The smallest absolute Gasteiger partial charge is 0.326 e. The van der Waals surface area contributed by atoms with Gasteiger partial charge in [0.25, 0.3) is 5.91 Å². The molecule has 52 heavy (non-hydrogen) atoms. The molecule has 1 aromatic heterocycles. The van der Waals surface area contributed by atoms with Gasteiger partial charge in [-0.15, -0.1) is 0 Å². The maximum atomic E-state index is 13.6. The molecule has 0 aliphatic carbocycles. The van der Waals surface area contributed by atoms with Crippen molar-refractivity contribution in [1.29, 1.82) is 0 Å². The van der Waals surface area contributed by atoms with Gasteiger partial charge in [-0.2, -0.15) is 0 Å². The Balaban J connectivity index is 1.44. The Hall–Kier alpha value is -5.05. The molecule has 4 rings (SSSR count). The van der Waals surface area contributed by atoms with Gasteiger partial charge < -0.3 is 20.5 Å². The Kier molecular flexibility index (Phi) is 14.5. The van der Waals surface area contributed by atoms with Gasteiger partial charge in [-0.25, -0.2) is 14.8 Å². The summed E-state index contributed by atoms with van der Waals surface area (Å²) in [6.07, 6.45) is 10.3. The minimum absolute atomic E-state index is 0.0762. The number of nitrogens with zero attached hydrogens (tertiary/aromatic N) is 2. The van der Waals surface area contributed by atoms with Crippen LogP contribution in [0.15, 0.2) is 85.2 Å². The average molecular weight is 707 g/mol. The Bertz CT molecular complexity index is 1730. The topological polar surface area (TPSA) is 131 Å². The number of unbranched alkanes of at least 4 members (excludes halogenated alkanes) is 4. The average Bonchev–Trinajstić information content (AvgIpc) is 3.14. The fourth-order valence-electron chi connectivity index (χ4n) is 5.80. The van der Waals surface area contributed by atoms with E-state index in [2.05, 4.69) is 48.3 Å². The molecule has 0 fully saturated rings. The van der Waals surface area contributed by atoms with Gasteiger partial charge in [0.05, 0.1) is 6.61 Å². The van der Waals surface area contributed by atoms with Crippen LogP contribution in [0, 0.1) is 5.92 Å². The van der Waals surface area contributed by atoms with Crippen LogP contribution in [0.25, 0.3) is 22.5 Å². The molecule has 0 bridgehead atoms. The highest BCUT2D eigenvalue weighted by molar-refractivity contribution is 5.98. The highest BCUT2D eigenvalue weighted by Gasteiger charge is 2.30. The molecule has 1 heterocycles. The summed E-state index contributed by atoms with van der Waals surface area (Å²) in [6, 6.07) is 20.6. The molecule has 0 radical (unpaired) electrons. The number of amides is 2. The third-order valence-electron chi connectivity index (χ3n) is 9.42. The molecule has 0 unspecified atom stereocenters. The number of carboxylic acid groups (broad SMARTS) is 1. The van der Waals surface area contributed by atoms with Gasteiger partial charge in [0, 0.05) is 35.5 Å². The Morgan fingerprint density at radius 3 is 1.96 bits per heavy atom. The number of aliphatic carboxylic acids is 1. The molecule has 3 N–H and O–H groups in total. The first-order valence-electron chi connectivity index (χ1n) is 18.5. The Morgan fingerprint density at radius 2 is 1.38 bits per heavy atom. The number of carbonyl (C=O) groups excluding carboxylic acids is 2. The van der Waals surface area contributed by atoms with Crippen molar-refractivity contribution in [2.24, 2.45) is 5.92 Å². The highest BCUT2D eigenvalue weighted by Crippen LogP contribution is 2.25. The SMILES string of the molecule is CCCCCCCOc1ccc(-c2cnc(-c3ccc(C[C@H](NC(=O)c4ccc(C(C)(C)C)cc4)C(=O)N[C@H](C(=O)O)[C@@H](C)CC)cc3)nc2)cc1. The molecule has 3 aromatic carbocycles. The van der Waals surface area contributed by atoms with Gasteiger partial charge in [-0.1, -0.05) is 122 Å². The van der Waals surface area contributed by atoms with Gasteiger partial charge in [0.2, 0.25) is 5.91 Å². The second kappa shape index (κ2) is 19.0. The first-order chi connectivity index (χ1) is 24.9. The second-order valence-electron chi connectivity index (χ2n) is 14.5. The number of carboxylic acids is 1. The van der Waals surface area contributed by atoms with Crippen molar-refractivity contribution in [3.63, 3.8) is 0 Å². The lowest BCUT2D eigenvalue weighted by atomic mass is 9.86. The minimum atomic E-state index is -1.12. The molecule has 4 aromatic rings. The molecule has 9 nitrogen and oxygen atoms in total. The second-order valence-corrected chi connectivity index (χ2v) is 14.5. The van der Waals surface area contributed by atoms with Gasteiger partial charge in [0.1, 0.15) is 17.8 Å². The van der Waals surface area contributed by atoms with Gasteiger partial charge in [0.15, 0.2) is 5.82 Å². The van der Waals surface area contributed by atoms with Crippen LogP contribution in [-0.4, -0.2) is 51.5 Å². The molecular weight excluding hydrogens is 652 g/mol. The number of aromatic nitrogens is 2. The van der Waals surface area contributed by atoms with E-state index in [4.69, 9.17) is 4.74 Å². The predicted molar refractivity (Wildman–Crippen MR) is 206 cm³/mol. The van der Waals surface area contributed by atoms with Crippen LogP contribution in [0.1, 0.15) is 102 Å². The van der Waals surface area contributed by atoms with Crippen LogP contribution in [0.5, 0.6) is 5.75 Å². The van der Waals surface area contributed by atoms with Crippen molar-refractivity contribution >= 4 is 17.8 Å². The van der Waals surface area contributed by atoms with Crippen molar-refractivity contribution < 1.29 is 24.2 Å². The Labute approximate surface area is 308 Å². The molecule has 0 aliphatic heterocycles. The van der Waals surface area contributed by atoms with E-state index >= 15 is 0 Å². The third-order valence-corrected chi connectivity index (χ3v) is 9.42. The number of ether oxygens (including phenoxy) is 1. The van der Waals surface area contributed by atoms with E-state index in [0.29, 0.717) is 17.8 Å². The monoisotopic (exact) mass is 706 g/mol. The van der Waals surface area contributed by atoms with Crippen LogP contribution in [0.2, 0.25) is 0 Å². The zero-order valence-corrected chi connectivity index (χ0v) is 31.4. The molecule has 9 heteroatoms. The largest absolute Gasteiger partial charge is 0.494 e. The molecule has 0 spiro atoms. The number of hydrogen-bond donors (Lipinski definition) is 3. The summed E-state index contributed by atoms with van der Waals surface area (Å²) in [5.41, 5.74) is 4.88. The van der Waals surface area contributed by atoms with Crippen LogP contribution in [0.4, 0.5) is 0 Å². The fourth-order valence-corrected chi connectivity index (χ4v) is 5.80. The standard InChI is InChI=1S/C43H54N4O5/c1-7-9-10-11-12-25-52-36-23-19-31(20-24-36)34-27-44-39(45-28-34)32-15-13-30(14-16-32)26-37(41(49)47-38(42(50)51)29(3)8-2)46-40(48)33-17-21-35(22-18-33)43(4,5)6/h13-24,27-29,37-38H,7-12,25-26H2,1-6H3,(H,46,48)(H,47,49)(H,50,51)/t29-,37-,38-/m0/s1. The van der Waals surface area contributed by atoms with Crippen LogP contribution in [0.3, 0.4) is 0 Å². The first-order valence-corrected chi connectivity index (χ1v) is 18.5. The van der Waals surface area contributed by atoms with E-state index in [0.717, 1.165) is 46.6 Å². The van der Waals surface area contributed by atoms with Crippen molar-refractivity contribution in [3.8, 4) is 28.3 Å². The molecule has 0 saturated heterocycles. The van der Waals surface area contributed by atoms with Crippen LogP contribution >= 0.6 is 0 Å². The van der Waals surface area contributed by atoms with Crippen LogP contribution in [-0.2, 0) is 21.4 Å². The molecule has 276 valence electrons. The van der Waals surface area contributed by atoms with E-state index in [1.165, 1.54) is 25.7 Å². The van der Waals surface area contributed by atoms with E-state index < -0.39 is 29.9 Å². The van der Waals surface area contributed by atoms with Crippen LogP contribution < -0.4 is 15.4 Å². The van der Waals surface area contributed by atoms with Gasteiger partial charge >= 0.3 is 5.97 Å². The van der Waals surface area contributed by atoms with Crippen molar-refractivity contribution in [2.45, 2.75) is 104 Å². The number of rotatable bonds is 18. The summed E-state index contributed by atoms with van der Waals surface area (Å²) in [5.74, 6) is -0.980. The van der Waals surface area contributed by atoms with Crippen molar-refractivity contribution in [2.75, 3.05) is 6.61 Å². The number of carbonyl (C=O) groups is 3. The summed E-state index contributed by atoms with van der Waals surface area (Å²) in [4.78, 5) is 48.1. The minimum Gasteiger partial charge on any atom is -0.494 e. The number of nitrogens with one attached hydrogen (secondary N) is 2. The van der Waals surface area contributed by atoms with Gasteiger partial charge in [-0.3, -0.25) is 9.59 Å². The number of hydrogen-bond acceptors (Lipinski definition) is 6. The zero-order chi connectivity index (χ0) is 37.7. The lowest BCUT2D eigenvalue weighted by Crippen LogP contribution is -2.54. The lowest BCUT2D eigenvalue weighted by Gasteiger charge is -2.25. The zero-order valence-electron chi connectivity index (χ0n) is 31.4. The molecule has 3 atom stereocenters. The molecule has 0 saturated carbocycles. The predicted octanol–water partition coefficient (Wildman–Crippen LogP) is 8.41. The number of benzene rings is 3. The fraction of sp³-hybridized carbons (Fsp3) is 0.419. The van der Waals surface area contributed by atoms with Crippen molar-refractivity contribution in [3.05, 3.63) is 102 Å². The summed E-state index contributed by atoms with van der Waals surface area (Å²) >= 11 is 0. The first kappa shape index (κ1) is 39.7. The van der Waals surface area contributed by atoms with E-state index in [9.17, 15) is 19.5 Å².